The average molecular weight is 240 g/mol. The fourth-order valence-electron chi connectivity index (χ4n) is 2.18. The standard InChI is InChI=1S/C13H12N4O/c14-7-9-1-3-10(4-2-9)11-5-12(6-11)18-13-8-15-17-16-13/h1-4,8,11-12H,5-6H2,(H,15,16,17)/t11-,12-. The number of aromatic amines is 1. The minimum atomic E-state index is 0.218. The molecule has 90 valence electrons. The van der Waals surface area contributed by atoms with Gasteiger partial charge in [0.1, 0.15) is 6.10 Å². The first-order chi connectivity index (χ1) is 8.85. The van der Waals surface area contributed by atoms with Crippen molar-refractivity contribution < 1.29 is 4.74 Å². The van der Waals surface area contributed by atoms with Crippen LogP contribution in [0.5, 0.6) is 5.88 Å². The van der Waals surface area contributed by atoms with E-state index in [1.54, 1.807) is 6.20 Å². The summed E-state index contributed by atoms with van der Waals surface area (Å²) in [6.45, 7) is 0. The minimum absolute atomic E-state index is 0.218. The van der Waals surface area contributed by atoms with E-state index in [9.17, 15) is 0 Å². The van der Waals surface area contributed by atoms with Gasteiger partial charge in [-0.2, -0.15) is 5.26 Å². The lowest BCUT2D eigenvalue weighted by Gasteiger charge is -2.34. The molecular weight excluding hydrogens is 228 g/mol. The molecule has 1 aliphatic rings. The summed E-state index contributed by atoms with van der Waals surface area (Å²) < 4.78 is 5.63. The second-order valence-electron chi connectivity index (χ2n) is 4.45. The minimum Gasteiger partial charge on any atom is -0.472 e. The Labute approximate surface area is 104 Å². The van der Waals surface area contributed by atoms with Crippen LogP contribution in [0.25, 0.3) is 0 Å². The molecule has 18 heavy (non-hydrogen) atoms. The monoisotopic (exact) mass is 240 g/mol. The third kappa shape index (κ3) is 2.05. The summed E-state index contributed by atoms with van der Waals surface area (Å²) in [7, 11) is 0. The smallest absolute Gasteiger partial charge is 0.253 e. The van der Waals surface area contributed by atoms with Crippen LogP contribution in [0.2, 0.25) is 0 Å². The highest BCUT2D eigenvalue weighted by Crippen LogP contribution is 2.38. The number of nitrogens with zero attached hydrogens (tertiary/aromatic N) is 3. The third-order valence-corrected chi connectivity index (χ3v) is 3.29. The normalized spacial score (nSPS) is 21.9. The number of hydrogen-bond donors (Lipinski definition) is 1. The van der Waals surface area contributed by atoms with Crippen molar-refractivity contribution in [1.82, 2.24) is 15.4 Å². The number of benzene rings is 1. The van der Waals surface area contributed by atoms with Gasteiger partial charge in [-0.25, -0.2) is 0 Å². The highest BCUT2D eigenvalue weighted by atomic mass is 16.5. The highest BCUT2D eigenvalue weighted by Gasteiger charge is 2.32. The SMILES string of the molecule is N#Cc1ccc([C@H]2C[C@H](Oc3c[nH]nn3)C2)cc1. The van der Waals surface area contributed by atoms with E-state index in [4.69, 9.17) is 10.00 Å². The lowest BCUT2D eigenvalue weighted by atomic mass is 9.77. The van der Waals surface area contributed by atoms with Gasteiger partial charge in [-0.05, 0) is 36.5 Å². The fourth-order valence-corrected chi connectivity index (χ4v) is 2.18. The Morgan fingerprint density at radius 3 is 2.67 bits per heavy atom. The van der Waals surface area contributed by atoms with E-state index in [0.29, 0.717) is 17.4 Å². The predicted octanol–water partition coefficient (Wildman–Crippen LogP) is 2.00. The maximum atomic E-state index is 8.74. The number of aromatic nitrogens is 3. The van der Waals surface area contributed by atoms with Gasteiger partial charge in [0, 0.05) is 0 Å². The molecule has 3 rings (SSSR count). The van der Waals surface area contributed by atoms with E-state index >= 15 is 0 Å². The molecule has 2 aromatic rings. The second-order valence-corrected chi connectivity index (χ2v) is 4.45. The third-order valence-electron chi connectivity index (χ3n) is 3.29. The van der Waals surface area contributed by atoms with E-state index < -0.39 is 0 Å². The number of H-pyrrole nitrogens is 1. The van der Waals surface area contributed by atoms with Gasteiger partial charge < -0.3 is 4.74 Å². The highest BCUT2D eigenvalue weighted by molar-refractivity contribution is 5.34. The van der Waals surface area contributed by atoms with E-state index in [1.807, 2.05) is 24.3 Å². The zero-order valence-corrected chi connectivity index (χ0v) is 9.71. The second kappa shape index (κ2) is 4.49. The van der Waals surface area contributed by atoms with E-state index in [-0.39, 0.29) is 6.10 Å². The lowest BCUT2D eigenvalue weighted by molar-refractivity contribution is 0.0934. The van der Waals surface area contributed by atoms with Crippen molar-refractivity contribution in [3.05, 3.63) is 41.6 Å². The molecule has 5 nitrogen and oxygen atoms in total. The maximum Gasteiger partial charge on any atom is 0.253 e. The van der Waals surface area contributed by atoms with Crippen LogP contribution in [-0.2, 0) is 0 Å². The average Bonchev–Trinajstić information content (AvgIpc) is 2.86. The van der Waals surface area contributed by atoms with Crippen LogP contribution < -0.4 is 4.74 Å². The molecule has 1 saturated carbocycles. The van der Waals surface area contributed by atoms with Crippen LogP contribution in [0.4, 0.5) is 0 Å². The molecular formula is C13H12N4O. The summed E-state index contributed by atoms with van der Waals surface area (Å²) >= 11 is 0. The van der Waals surface area contributed by atoms with Gasteiger partial charge >= 0.3 is 0 Å². The van der Waals surface area contributed by atoms with Gasteiger partial charge in [0.2, 0.25) is 0 Å². The van der Waals surface area contributed by atoms with Crippen molar-refractivity contribution in [2.24, 2.45) is 0 Å². The summed E-state index contributed by atoms with van der Waals surface area (Å²) in [5.41, 5.74) is 1.97. The zero-order chi connectivity index (χ0) is 12.4. The molecule has 0 bridgehead atoms. The Balaban J connectivity index is 1.56. The molecule has 0 radical (unpaired) electrons. The quantitative estimate of drug-likeness (QED) is 0.890. The first kappa shape index (κ1) is 10.8. The topological polar surface area (TPSA) is 74.6 Å². The molecule has 0 unspecified atom stereocenters. The van der Waals surface area contributed by atoms with E-state index in [0.717, 1.165) is 12.8 Å². The Bertz CT molecular complexity index is 550. The van der Waals surface area contributed by atoms with Crippen molar-refractivity contribution in [3.63, 3.8) is 0 Å². The Hall–Kier alpha value is -2.35. The molecule has 0 atom stereocenters. The molecule has 0 amide bonds. The van der Waals surface area contributed by atoms with Gasteiger partial charge in [0.15, 0.2) is 0 Å². The van der Waals surface area contributed by atoms with Gasteiger partial charge in [-0.3, -0.25) is 5.10 Å². The van der Waals surface area contributed by atoms with Crippen molar-refractivity contribution in [3.8, 4) is 11.9 Å². The molecule has 0 saturated heterocycles. The van der Waals surface area contributed by atoms with Crippen molar-refractivity contribution >= 4 is 0 Å². The summed E-state index contributed by atoms with van der Waals surface area (Å²) in [5, 5.41) is 18.8. The van der Waals surface area contributed by atoms with Crippen LogP contribution in [0, 0.1) is 11.3 Å². The number of rotatable bonds is 3. The van der Waals surface area contributed by atoms with Crippen molar-refractivity contribution in [2.75, 3.05) is 0 Å². The first-order valence-corrected chi connectivity index (χ1v) is 5.88. The summed E-state index contributed by atoms with van der Waals surface area (Å²) in [6, 6.07) is 9.90. The number of hydrogen-bond acceptors (Lipinski definition) is 4. The molecule has 0 aliphatic heterocycles. The van der Waals surface area contributed by atoms with Crippen LogP contribution >= 0.6 is 0 Å². The molecule has 1 aliphatic carbocycles. The van der Waals surface area contributed by atoms with Crippen LogP contribution in [0.1, 0.15) is 29.9 Å². The molecule has 1 N–H and O–H groups in total. The number of nitriles is 1. The van der Waals surface area contributed by atoms with E-state index in [2.05, 4.69) is 21.5 Å². The molecule has 0 spiro atoms. The molecule has 1 heterocycles. The Morgan fingerprint density at radius 1 is 1.28 bits per heavy atom. The fraction of sp³-hybridized carbons (Fsp3) is 0.308. The predicted molar refractivity (Wildman–Crippen MR) is 63.9 cm³/mol. The van der Waals surface area contributed by atoms with Crippen LogP contribution in [0.3, 0.4) is 0 Å². The summed E-state index contributed by atoms with van der Waals surface area (Å²) in [4.78, 5) is 0. The molecule has 5 heteroatoms. The van der Waals surface area contributed by atoms with Crippen LogP contribution in [-0.4, -0.2) is 21.5 Å². The Kier molecular flexibility index (Phi) is 2.69. The number of ether oxygens (including phenoxy) is 1. The largest absolute Gasteiger partial charge is 0.472 e. The first-order valence-electron chi connectivity index (χ1n) is 5.88. The molecule has 1 aromatic heterocycles. The maximum absolute atomic E-state index is 8.74. The van der Waals surface area contributed by atoms with Gasteiger partial charge in [-0.15, -0.1) is 0 Å². The van der Waals surface area contributed by atoms with Gasteiger partial charge in [0.25, 0.3) is 5.88 Å². The van der Waals surface area contributed by atoms with Crippen molar-refractivity contribution in [1.29, 1.82) is 5.26 Å². The summed E-state index contributed by atoms with van der Waals surface area (Å²) in [5.74, 6) is 1.08. The number of nitrogens with one attached hydrogen (secondary N) is 1. The molecule has 1 aromatic carbocycles. The summed E-state index contributed by atoms with van der Waals surface area (Å²) in [6.07, 6.45) is 3.84. The Morgan fingerprint density at radius 2 is 2.06 bits per heavy atom. The molecule has 1 fully saturated rings. The van der Waals surface area contributed by atoms with Crippen molar-refractivity contribution in [2.45, 2.75) is 24.9 Å². The van der Waals surface area contributed by atoms with Gasteiger partial charge in [0.05, 0.1) is 17.8 Å². The van der Waals surface area contributed by atoms with Crippen LogP contribution in [0.15, 0.2) is 30.5 Å². The van der Waals surface area contributed by atoms with Gasteiger partial charge in [-0.1, -0.05) is 22.4 Å². The lowest BCUT2D eigenvalue weighted by Crippen LogP contribution is -2.32. The van der Waals surface area contributed by atoms with E-state index in [1.165, 1.54) is 5.56 Å². The zero-order valence-electron chi connectivity index (χ0n) is 9.71.